The highest BCUT2D eigenvalue weighted by molar-refractivity contribution is 7.86. The van der Waals surface area contributed by atoms with E-state index in [0.717, 1.165) is 12.0 Å². The van der Waals surface area contributed by atoms with Crippen molar-refractivity contribution in [2.24, 2.45) is 0 Å². The summed E-state index contributed by atoms with van der Waals surface area (Å²) >= 11 is 0. The minimum atomic E-state index is -3.66. The Kier molecular flexibility index (Phi) is 4.28. The van der Waals surface area contributed by atoms with Gasteiger partial charge in [-0.25, -0.2) is 0 Å². The predicted octanol–water partition coefficient (Wildman–Crippen LogP) is 4.16. The minimum Gasteiger partial charge on any atom is -0.453 e. The molecule has 0 amide bonds. The molecule has 2 aromatic carbocycles. The van der Waals surface area contributed by atoms with Gasteiger partial charge >= 0.3 is 0 Å². The second-order valence-electron chi connectivity index (χ2n) is 5.36. The van der Waals surface area contributed by atoms with Gasteiger partial charge in [-0.2, -0.15) is 13.5 Å². The van der Waals surface area contributed by atoms with Gasteiger partial charge in [0.2, 0.25) is 0 Å². The summed E-state index contributed by atoms with van der Waals surface area (Å²) in [6.07, 6.45) is 1.36. The van der Waals surface area contributed by atoms with Crippen LogP contribution in [0.1, 0.15) is 25.8 Å². The van der Waals surface area contributed by atoms with Gasteiger partial charge in [0, 0.05) is 0 Å². The van der Waals surface area contributed by atoms with Gasteiger partial charge in [-0.3, -0.25) is 0 Å². The Morgan fingerprint density at radius 1 is 1.04 bits per heavy atom. The van der Waals surface area contributed by atoms with Crippen LogP contribution in [-0.2, 0) is 20.8 Å². The van der Waals surface area contributed by atoms with Crippen LogP contribution in [0.25, 0.3) is 0 Å². The molecule has 0 aliphatic carbocycles. The summed E-state index contributed by atoms with van der Waals surface area (Å²) in [5.74, 6) is 1.13. The Hall–Kier alpha value is -2.05. The second-order valence-corrected chi connectivity index (χ2v) is 7.03. The van der Waals surface area contributed by atoms with Gasteiger partial charge in [0.1, 0.15) is 11.4 Å². The van der Waals surface area contributed by atoms with Gasteiger partial charge in [0.05, 0.1) is 5.75 Å². The third-order valence-corrected chi connectivity index (χ3v) is 4.88. The molecule has 0 atom stereocenters. The number of aryl methyl sites for hydroxylation is 1. The smallest absolute Gasteiger partial charge is 0.288 e. The van der Waals surface area contributed by atoms with Crippen molar-refractivity contribution in [3.8, 4) is 11.5 Å². The molecule has 0 spiro atoms. The Bertz CT molecular complexity index is 817. The van der Waals surface area contributed by atoms with Crippen LogP contribution in [0.15, 0.2) is 42.5 Å². The number of anilines is 2. The molecule has 0 fully saturated rings. The predicted molar refractivity (Wildman–Crippen MR) is 89.6 cm³/mol. The number of nitrogens with zero attached hydrogens (tertiary/aromatic N) is 1. The number of benzene rings is 2. The van der Waals surface area contributed by atoms with E-state index in [0.29, 0.717) is 29.3 Å². The van der Waals surface area contributed by atoms with Crippen LogP contribution in [0.5, 0.6) is 11.5 Å². The molecule has 1 heterocycles. The first-order chi connectivity index (χ1) is 11.0. The van der Waals surface area contributed by atoms with Gasteiger partial charge < -0.3 is 4.74 Å². The van der Waals surface area contributed by atoms with E-state index in [1.54, 1.807) is 19.1 Å². The lowest BCUT2D eigenvalue weighted by Crippen LogP contribution is -2.26. The summed E-state index contributed by atoms with van der Waals surface area (Å²) in [4.78, 5) is 0. The third-order valence-electron chi connectivity index (χ3n) is 3.60. The number of para-hydroxylation sites is 2. The lowest BCUT2D eigenvalue weighted by Gasteiger charge is -2.30. The van der Waals surface area contributed by atoms with E-state index in [1.807, 2.05) is 30.3 Å². The van der Waals surface area contributed by atoms with E-state index in [-0.39, 0.29) is 5.75 Å². The Morgan fingerprint density at radius 3 is 2.52 bits per heavy atom. The van der Waals surface area contributed by atoms with Crippen LogP contribution in [0.3, 0.4) is 0 Å². The minimum absolute atomic E-state index is 0.0328. The fourth-order valence-electron chi connectivity index (χ4n) is 2.47. The molecule has 23 heavy (non-hydrogen) atoms. The highest BCUT2D eigenvalue weighted by Gasteiger charge is 2.29. The fourth-order valence-corrected chi connectivity index (χ4v) is 3.43. The Morgan fingerprint density at radius 2 is 1.78 bits per heavy atom. The lowest BCUT2D eigenvalue weighted by atomic mass is 10.1. The summed E-state index contributed by atoms with van der Waals surface area (Å²) in [6, 6.07) is 12.9. The molecular weight excluding hydrogens is 314 g/mol. The molecule has 1 aliphatic heterocycles. The molecule has 122 valence electrons. The van der Waals surface area contributed by atoms with Crippen molar-refractivity contribution in [3.63, 3.8) is 0 Å². The molecule has 0 unspecified atom stereocenters. The van der Waals surface area contributed by atoms with Gasteiger partial charge in [-0.1, -0.05) is 32.0 Å². The van der Waals surface area contributed by atoms with Crippen LogP contribution in [0.2, 0.25) is 0 Å². The molecule has 3 rings (SSSR count). The first-order valence-electron chi connectivity index (χ1n) is 7.66. The van der Waals surface area contributed by atoms with Crippen LogP contribution in [0, 0.1) is 0 Å². The standard InChI is InChI=1S/C17H19NO4S/c1-3-11-23(19,20)22-18-14-7-5-6-8-16(14)21-17-12-13(4-2)9-10-15(17)18/h5-10,12H,3-4,11H2,1-2H3. The summed E-state index contributed by atoms with van der Waals surface area (Å²) in [5, 5.41) is 1.35. The summed E-state index contributed by atoms with van der Waals surface area (Å²) in [6.45, 7) is 3.86. The van der Waals surface area contributed by atoms with Gasteiger partial charge in [-0.15, -0.1) is 4.28 Å². The molecule has 0 aromatic heterocycles. The van der Waals surface area contributed by atoms with Crippen LogP contribution >= 0.6 is 0 Å². The third kappa shape index (κ3) is 3.18. The van der Waals surface area contributed by atoms with E-state index in [4.69, 9.17) is 9.02 Å². The van der Waals surface area contributed by atoms with Gasteiger partial charge in [0.15, 0.2) is 11.5 Å². The van der Waals surface area contributed by atoms with Gasteiger partial charge in [-0.05, 0) is 42.7 Å². The van der Waals surface area contributed by atoms with E-state index in [1.165, 1.54) is 5.06 Å². The Balaban J connectivity index is 2.08. The van der Waals surface area contributed by atoms with E-state index in [9.17, 15) is 8.42 Å². The molecule has 0 N–H and O–H groups in total. The van der Waals surface area contributed by atoms with Crippen LogP contribution < -0.4 is 9.80 Å². The zero-order valence-electron chi connectivity index (χ0n) is 13.2. The van der Waals surface area contributed by atoms with Crippen molar-refractivity contribution in [1.29, 1.82) is 0 Å². The fraction of sp³-hybridized carbons (Fsp3) is 0.294. The van der Waals surface area contributed by atoms with E-state index in [2.05, 4.69) is 6.92 Å². The molecule has 0 saturated carbocycles. The quantitative estimate of drug-likeness (QED) is 0.822. The maximum atomic E-state index is 12.1. The maximum Gasteiger partial charge on any atom is 0.288 e. The monoisotopic (exact) mass is 333 g/mol. The van der Waals surface area contributed by atoms with Crippen molar-refractivity contribution in [2.45, 2.75) is 26.7 Å². The maximum absolute atomic E-state index is 12.1. The molecule has 2 aromatic rings. The summed E-state index contributed by atoms with van der Waals surface area (Å²) in [5.41, 5.74) is 2.27. The zero-order valence-corrected chi connectivity index (χ0v) is 14.0. The first kappa shape index (κ1) is 15.8. The molecule has 6 heteroatoms. The normalized spacial score (nSPS) is 13.2. The van der Waals surface area contributed by atoms with Crippen molar-refractivity contribution in [2.75, 3.05) is 10.8 Å². The molecular formula is C17H19NO4S. The average Bonchev–Trinajstić information content (AvgIpc) is 2.53. The van der Waals surface area contributed by atoms with Crippen LogP contribution in [0.4, 0.5) is 11.4 Å². The molecule has 0 bridgehead atoms. The second kappa shape index (κ2) is 6.22. The van der Waals surface area contributed by atoms with Gasteiger partial charge in [0.25, 0.3) is 10.1 Å². The highest BCUT2D eigenvalue weighted by Crippen LogP contribution is 2.47. The lowest BCUT2D eigenvalue weighted by molar-refractivity contribution is 0.308. The Labute approximate surface area is 136 Å². The number of ether oxygens (including phenoxy) is 1. The molecule has 0 saturated heterocycles. The van der Waals surface area contributed by atoms with Crippen molar-refractivity contribution >= 4 is 21.5 Å². The number of fused-ring (bicyclic) bond motifs is 2. The van der Waals surface area contributed by atoms with Crippen LogP contribution in [-0.4, -0.2) is 14.2 Å². The number of hydrogen-bond donors (Lipinski definition) is 0. The molecule has 1 aliphatic rings. The summed E-state index contributed by atoms with van der Waals surface area (Å²) < 4.78 is 35.6. The first-order valence-corrected chi connectivity index (χ1v) is 9.24. The SMILES string of the molecule is CCCS(=O)(=O)ON1c2ccccc2Oc2cc(CC)ccc21. The number of hydrogen-bond acceptors (Lipinski definition) is 5. The van der Waals surface area contributed by atoms with E-state index < -0.39 is 10.1 Å². The van der Waals surface area contributed by atoms with E-state index >= 15 is 0 Å². The highest BCUT2D eigenvalue weighted by atomic mass is 32.2. The number of rotatable bonds is 5. The zero-order chi connectivity index (χ0) is 16.4. The van der Waals surface area contributed by atoms with Crippen molar-refractivity contribution in [3.05, 3.63) is 48.0 Å². The van der Waals surface area contributed by atoms with Crippen molar-refractivity contribution < 1.29 is 17.4 Å². The summed E-state index contributed by atoms with van der Waals surface area (Å²) in [7, 11) is -3.66. The molecule has 5 nitrogen and oxygen atoms in total. The van der Waals surface area contributed by atoms with Crippen molar-refractivity contribution in [1.82, 2.24) is 0 Å². The topological polar surface area (TPSA) is 55.8 Å². The largest absolute Gasteiger partial charge is 0.453 e. The average molecular weight is 333 g/mol. The molecule has 0 radical (unpaired) electrons.